The zero-order valence-electron chi connectivity index (χ0n) is 14.6. The summed E-state index contributed by atoms with van der Waals surface area (Å²) in [6, 6.07) is 5.47. The number of amides is 1. The Morgan fingerprint density at radius 3 is 2.64 bits per heavy atom. The van der Waals surface area contributed by atoms with Crippen LogP contribution in [0, 0.1) is 5.92 Å². The monoisotopic (exact) mass is 389 g/mol. The molecule has 140 valence electrons. The minimum atomic E-state index is -0.412. The van der Waals surface area contributed by atoms with E-state index in [0.717, 1.165) is 0 Å². The highest BCUT2D eigenvalue weighted by Crippen LogP contribution is 2.16. The van der Waals surface area contributed by atoms with Crippen molar-refractivity contribution in [1.29, 1.82) is 0 Å². The number of hydrogen-bond donors (Lipinski definition) is 2. The van der Waals surface area contributed by atoms with E-state index in [4.69, 9.17) is 10.3 Å². The van der Waals surface area contributed by atoms with Gasteiger partial charge in [0.1, 0.15) is 5.69 Å². The summed E-state index contributed by atoms with van der Waals surface area (Å²) in [5.41, 5.74) is 6.00. The van der Waals surface area contributed by atoms with E-state index in [-0.39, 0.29) is 43.1 Å². The molecule has 0 bridgehead atoms. The summed E-state index contributed by atoms with van der Waals surface area (Å²) < 4.78 is 5.17. The molecule has 2 rings (SSSR count). The molecule has 0 spiro atoms. The molecule has 0 aliphatic carbocycles. The first-order valence-corrected chi connectivity index (χ1v) is 7.69. The van der Waals surface area contributed by atoms with Crippen LogP contribution >= 0.6 is 24.8 Å². The number of aromatic nitrogens is 3. The highest BCUT2D eigenvalue weighted by atomic mass is 35.5. The molecule has 0 aliphatic heterocycles. The quantitative estimate of drug-likeness (QED) is 0.752. The van der Waals surface area contributed by atoms with E-state index in [1.54, 1.807) is 12.3 Å². The van der Waals surface area contributed by atoms with Crippen LogP contribution in [0.2, 0.25) is 0 Å². The van der Waals surface area contributed by atoms with Crippen LogP contribution in [0.4, 0.5) is 0 Å². The molecule has 0 aliphatic rings. The summed E-state index contributed by atoms with van der Waals surface area (Å²) >= 11 is 0. The van der Waals surface area contributed by atoms with Crippen molar-refractivity contribution in [2.75, 3.05) is 6.54 Å². The second-order valence-electron chi connectivity index (χ2n) is 6.05. The summed E-state index contributed by atoms with van der Waals surface area (Å²) in [5, 5.41) is 6.87. The summed E-state index contributed by atoms with van der Waals surface area (Å²) in [5.74, 6) is 1.01. The Bertz CT molecular complexity index is 651. The number of carbonyl (C=O) groups is 1. The summed E-state index contributed by atoms with van der Waals surface area (Å²) in [6.07, 6.45) is 2.31. The summed E-state index contributed by atoms with van der Waals surface area (Å²) in [7, 11) is 0. The largest absolute Gasteiger partial charge is 0.349 e. The van der Waals surface area contributed by atoms with Gasteiger partial charge < -0.3 is 15.6 Å². The molecule has 1 amide bonds. The van der Waals surface area contributed by atoms with Crippen molar-refractivity contribution in [2.24, 2.45) is 11.7 Å². The van der Waals surface area contributed by atoms with Gasteiger partial charge in [-0.05, 0) is 25.0 Å². The van der Waals surface area contributed by atoms with Gasteiger partial charge in [0.05, 0.1) is 5.54 Å². The van der Waals surface area contributed by atoms with Gasteiger partial charge in [0.2, 0.25) is 17.6 Å². The molecule has 3 N–H and O–H groups in total. The maximum Gasteiger partial charge on any atom is 0.227 e. The molecule has 0 saturated heterocycles. The van der Waals surface area contributed by atoms with Gasteiger partial charge in [-0.25, -0.2) is 0 Å². The van der Waals surface area contributed by atoms with Crippen molar-refractivity contribution in [3.8, 4) is 11.5 Å². The van der Waals surface area contributed by atoms with Crippen molar-refractivity contribution in [2.45, 2.75) is 39.2 Å². The Labute approximate surface area is 160 Å². The van der Waals surface area contributed by atoms with Gasteiger partial charge in [0, 0.05) is 25.6 Å². The number of nitrogens with zero attached hydrogens (tertiary/aromatic N) is 3. The zero-order valence-corrected chi connectivity index (χ0v) is 16.2. The first kappa shape index (κ1) is 23.3. The number of pyridine rings is 1. The molecule has 2 heterocycles. The van der Waals surface area contributed by atoms with Crippen molar-refractivity contribution < 1.29 is 9.32 Å². The van der Waals surface area contributed by atoms with Crippen molar-refractivity contribution >= 4 is 30.7 Å². The normalized spacial score (nSPS) is 12.7. The van der Waals surface area contributed by atoms with E-state index in [9.17, 15) is 4.79 Å². The fourth-order valence-electron chi connectivity index (χ4n) is 1.99. The molecule has 1 unspecified atom stereocenters. The topological polar surface area (TPSA) is 107 Å². The van der Waals surface area contributed by atoms with Crippen LogP contribution in [-0.4, -0.2) is 33.1 Å². The highest BCUT2D eigenvalue weighted by Gasteiger charge is 2.28. The molecule has 2 aromatic heterocycles. The number of halogens is 2. The van der Waals surface area contributed by atoms with Gasteiger partial charge in [-0.1, -0.05) is 25.1 Å². The molecule has 0 aromatic carbocycles. The smallest absolute Gasteiger partial charge is 0.227 e. The van der Waals surface area contributed by atoms with E-state index >= 15 is 0 Å². The van der Waals surface area contributed by atoms with Crippen LogP contribution in [0.5, 0.6) is 0 Å². The van der Waals surface area contributed by atoms with E-state index in [1.165, 1.54) is 0 Å². The molecule has 0 saturated carbocycles. The Morgan fingerprint density at radius 2 is 2.08 bits per heavy atom. The first-order chi connectivity index (χ1) is 10.9. The molecular formula is C16H25Cl2N5O2. The second kappa shape index (κ2) is 10.3. The lowest BCUT2D eigenvalue weighted by Gasteiger charge is -2.33. The predicted octanol–water partition coefficient (Wildman–Crippen LogP) is 2.40. The number of hydrogen-bond acceptors (Lipinski definition) is 6. The van der Waals surface area contributed by atoms with Crippen LogP contribution in [0.25, 0.3) is 11.5 Å². The Hall–Kier alpha value is -1.70. The molecule has 2 aromatic rings. The minimum absolute atomic E-state index is 0. The van der Waals surface area contributed by atoms with Gasteiger partial charge in [0.15, 0.2) is 0 Å². The third-order valence-electron chi connectivity index (χ3n) is 4.05. The van der Waals surface area contributed by atoms with Crippen LogP contribution in [0.15, 0.2) is 28.9 Å². The molecule has 0 radical (unpaired) electrons. The molecule has 1 atom stereocenters. The van der Waals surface area contributed by atoms with Crippen molar-refractivity contribution in [1.82, 2.24) is 20.4 Å². The van der Waals surface area contributed by atoms with Crippen molar-refractivity contribution in [3.05, 3.63) is 30.3 Å². The standard InChI is InChI=1S/C16H23N5O2.2ClH/c1-11(2)16(3,10-17)20-13(22)7-8-14-19-15(21-23-14)12-6-4-5-9-18-12;;/h4-6,9,11H,7-8,10,17H2,1-3H3,(H,20,22);2*1H. The lowest BCUT2D eigenvalue weighted by atomic mass is 9.88. The van der Waals surface area contributed by atoms with Gasteiger partial charge in [-0.2, -0.15) is 4.98 Å². The van der Waals surface area contributed by atoms with E-state index < -0.39 is 5.54 Å². The number of nitrogens with one attached hydrogen (secondary N) is 1. The maximum atomic E-state index is 12.1. The number of rotatable bonds is 7. The second-order valence-corrected chi connectivity index (χ2v) is 6.05. The number of carbonyl (C=O) groups excluding carboxylic acids is 1. The first-order valence-electron chi connectivity index (χ1n) is 7.69. The third kappa shape index (κ3) is 6.26. The summed E-state index contributed by atoms with van der Waals surface area (Å²) in [4.78, 5) is 20.5. The fourth-order valence-corrected chi connectivity index (χ4v) is 1.99. The predicted molar refractivity (Wildman–Crippen MR) is 101 cm³/mol. The van der Waals surface area contributed by atoms with E-state index in [2.05, 4.69) is 20.4 Å². The number of aryl methyl sites for hydroxylation is 1. The van der Waals surface area contributed by atoms with Crippen LogP contribution in [0.1, 0.15) is 33.1 Å². The summed E-state index contributed by atoms with van der Waals surface area (Å²) in [6.45, 7) is 6.40. The highest BCUT2D eigenvalue weighted by molar-refractivity contribution is 5.85. The van der Waals surface area contributed by atoms with Crippen LogP contribution in [-0.2, 0) is 11.2 Å². The Morgan fingerprint density at radius 1 is 1.36 bits per heavy atom. The SMILES string of the molecule is CC(C)C(C)(CN)NC(=O)CCc1nc(-c2ccccn2)no1.Cl.Cl. The van der Waals surface area contributed by atoms with Crippen LogP contribution in [0.3, 0.4) is 0 Å². The Balaban J connectivity index is 0.00000288. The number of nitrogens with two attached hydrogens (primary N) is 1. The molecule has 7 nitrogen and oxygen atoms in total. The minimum Gasteiger partial charge on any atom is -0.349 e. The molecule has 9 heteroatoms. The van der Waals surface area contributed by atoms with Crippen molar-refractivity contribution in [3.63, 3.8) is 0 Å². The van der Waals surface area contributed by atoms with Gasteiger partial charge in [0.25, 0.3) is 0 Å². The Kier molecular flexibility index (Phi) is 9.62. The van der Waals surface area contributed by atoms with E-state index in [1.807, 2.05) is 32.9 Å². The lowest BCUT2D eigenvalue weighted by molar-refractivity contribution is -0.123. The van der Waals surface area contributed by atoms with E-state index in [0.29, 0.717) is 30.4 Å². The molecular weight excluding hydrogens is 365 g/mol. The molecule has 25 heavy (non-hydrogen) atoms. The van der Waals surface area contributed by atoms with Gasteiger partial charge in [-0.3, -0.25) is 9.78 Å². The fraction of sp³-hybridized carbons (Fsp3) is 0.500. The average molecular weight is 390 g/mol. The maximum absolute atomic E-state index is 12.1. The van der Waals surface area contributed by atoms with Crippen LogP contribution < -0.4 is 11.1 Å². The zero-order chi connectivity index (χ0) is 16.9. The van der Waals surface area contributed by atoms with Gasteiger partial charge in [-0.15, -0.1) is 24.8 Å². The third-order valence-corrected chi connectivity index (χ3v) is 4.05. The lowest BCUT2D eigenvalue weighted by Crippen LogP contribution is -2.55. The average Bonchev–Trinajstić information content (AvgIpc) is 3.02. The molecule has 0 fully saturated rings. The van der Waals surface area contributed by atoms with Gasteiger partial charge >= 0.3 is 0 Å².